The van der Waals surface area contributed by atoms with Gasteiger partial charge in [0.25, 0.3) is 0 Å². The second-order valence-electron chi connectivity index (χ2n) is 5.46. The molecule has 6 nitrogen and oxygen atoms in total. The smallest absolute Gasteiger partial charge is 0.248 e. The van der Waals surface area contributed by atoms with Crippen molar-refractivity contribution in [2.24, 2.45) is 0 Å². The number of amides is 1. The van der Waals surface area contributed by atoms with Crippen molar-refractivity contribution < 1.29 is 9.53 Å². The van der Waals surface area contributed by atoms with E-state index in [2.05, 4.69) is 26.4 Å². The predicted octanol–water partition coefficient (Wildman–Crippen LogP) is 1.42. The molecule has 0 atom stereocenters. The lowest BCUT2D eigenvalue weighted by atomic mass is 10.1. The van der Waals surface area contributed by atoms with Gasteiger partial charge in [0.1, 0.15) is 12.4 Å². The summed E-state index contributed by atoms with van der Waals surface area (Å²) >= 11 is 1.43. The monoisotopic (exact) mass is 332 g/mol. The molecule has 1 aliphatic heterocycles. The predicted molar refractivity (Wildman–Crippen MR) is 89.8 cm³/mol. The Kier molecular flexibility index (Phi) is 5.19. The van der Waals surface area contributed by atoms with Gasteiger partial charge in [0.2, 0.25) is 11.0 Å². The van der Waals surface area contributed by atoms with Gasteiger partial charge in [-0.05, 0) is 5.56 Å². The molecule has 0 aliphatic carbocycles. The maximum atomic E-state index is 11.8. The van der Waals surface area contributed by atoms with Crippen LogP contribution in [0.15, 0.2) is 30.3 Å². The van der Waals surface area contributed by atoms with Crippen molar-refractivity contribution in [2.75, 3.05) is 44.8 Å². The molecule has 2 heterocycles. The minimum atomic E-state index is 0.0502. The van der Waals surface area contributed by atoms with E-state index in [0.29, 0.717) is 13.1 Å². The van der Waals surface area contributed by atoms with Crippen molar-refractivity contribution >= 4 is 22.6 Å². The third-order valence-corrected chi connectivity index (χ3v) is 4.65. The second-order valence-corrected chi connectivity index (χ2v) is 6.19. The third kappa shape index (κ3) is 4.05. The van der Waals surface area contributed by atoms with Crippen LogP contribution in [0.2, 0.25) is 0 Å². The largest absolute Gasteiger partial charge is 0.375 e. The number of hydrogen-bond donors (Lipinski definition) is 0. The molecule has 1 saturated heterocycles. The minimum Gasteiger partial charge on any atom is -0.375 e. The minimum absolute atomic E-state index is 0.0502. The molecule has 1 aromatic heterocycles. The van der Waals surface area contributed by atoms with Crippen LogP contribution in [0.5, 0.6) is 0 Å². The molecule has 0 N–H and O–H groups in total. The first-order chi connectivity index (χ1) is 11.3. The molecule has 122 valence electrons. The number of piperazine rings is 1. The average molecular weight is 332 g/mol. The SMILES string of the molecule is COCC(=O)N1CCN(c2nc(Cc3ccccc3)ns2)CC1. The van der Waals surface area contributed by atoms with Gasteiger partial charge in [0, 0.05) is 51.2 Å². The van der Waals surface area contributed by atoms with E-state index in [1.54, 1.807) is 7.11 Å². The molecular formula is C16H20N4O2S. The van der Waals surface area contributed by atoms with Crippen LogP contribution >= 0.6 is 11.5 Å². The summed E-state index contributed by atoms with van der Waals surface area (Å²) in [5.74, 6) is 0.906. The van der Waals surface area contributed by atoms with E-state index < -0.39 is 0 Å². The lowest BCUT2D eigenvalue weighted by molar-refractivity contribution is -0.135. The zero-order valence-electron chi connectivity index (χ0n) is 13.1. The zero-order valence-corrected chi connectivity index (χ0v) is 14.0. The lowest BCUT2D eigenvalue weighted by Gasteiger charge is -2.34. The standard InChI is InChI=1S/C16H20N4O2S/c1-22-12-15(21)19-7-9-20(10-8-19)16-17-14(18-23-16)11-13-5-3-2-4-6-13/h2-6H,7-12H2,1H3. The highest BCUT2D eigenvalue weighted by molar-refractivity contribution is 7.09. The summed E-state index contributed by atoms with van der Waals surface area (Å²) in [6.45, 7) is 3.14. The molecule has 0 saturated carbocycles. The van der Waals surface area contributed by atoms with E-state index in [1.165, 1.54) is 17.1 Å². The Bertz CT molecular complexity index is 639. The molecule has 0 spiro atoms. The van der Waals surface area contributed by atoms with Crippen LogP contribution in [0.3, 0.4) is 0 Å². The molecular weight excluding hydrogens is 312 g/mol. The number of ether oxygens (including phenoxy) is 1. The van der Waals surface area contributed by atoms with Crippen molar-refractivity contribution in [3.63, 3.8) is 0 Å². The number of rotatable bonds is 5. The summed E-state index contributed by atoms with van der Waals surface area (Å²) < 4.78 is 9.36. The number of hydrogen-bond acceptors (Lipinski definition) is 6. The highest BCUT2D eigenvalue weighted by atomic mass is 32.1. The van der Waals surface area contributed by atoms with Gasteiger partial charge >= 0.3 is 0 Å². The van der Waals surface area contributed by atoms with E-state index in [1.807, 2.05) is 23.1 Å². The molecule has 3 rings (SSSR count). The number of carbonyl (C=O) groups is 1. The Hall–Kier alpha value is -1.99. The quantitative estimate of drug-likeness (QED) is 0.829. The van der Waals surface area contributed by atoms with Crippen molar-refractivity contribution in [1.82, 2.24) is 14.3 Å². The van der Waals surface area contributed by atoms with Gasteiger partial charge in [-0.2, -0.15) is 4.37 Å². The number of methoxy groups -OCH3 is 1. The van der Waals surface area contributed by atoms with Crippen LogP contribution in [0.1, 0.15) is 11.4 Å². The summed E-state index contributed by atoms with van der Waals surface area (Å²) in [5, 5.41) is 0.940. The number of carbonyl (C=O) groups excluding carboxylic acids is 1. The van der Waals surface area contributed by atoms with Gasteiger partial charge in [-0.3, -0.25) is 4.79 Å². The van der Waals surface area contributed by atoms with Crippen molar-refractivity contribution in [1.29, 1.82) is 0 Å². The number of benzene rings is 1. The van der Waals surface area contributed by atoms with Gasteiger partial charge in [-0.15, -0.1) is 0 Å². The van der Waals surface area contributed by atoms with Crippen molar-refractivity contribution in [3.05, 3.63) is 41.7 Å². The lowest BCUT2D eigenvalue weighted by Crippen LogP contribution is -2.49. The average Bonchev–Trinajstić information content (AvgIpc) is 3.05. The van der Waals surface area contributed by atoms with E-state index in [0.717, 1.165) is 30.5 Å². The van der Waals surface area contributed by atoms with Crippen LogP contribution in [-0.4, -0.2) is 60.1 Å². The first-order valence-electron chi connectivity index (χ1n) is 7.64. The van der Waals surface area contributed by atoms with Gasteiger partial charge in [0.15, 0.2) is 0 Å². The van der Waals surface area contributed by atoms with Crippen LogP contribution in [0.4, 0.5) is 5.13 Å². The molecule has 0 unspecified atom stereocenters. The van der Waals surface area contributed by atoms with E-state index in [-0.39, 0.29) is 12.5 Å². The topological polar surface area (TPSA) is 58.6 Å². The molecule has 0 bridgehead atoms. The molecule has 0 radical (unpaired) electrons. The summed E-state index contributed by atoms with van der Waals surface area (Å²) in [4.78, 5) is 20.5. The fourth-order valence-electron chi connectivity index (χ4n) is 2.59. The van der Waals surface area contributed by atoms with E-state index >= 15 is 0 Å². The maximum Gasteiger partial charge on any atom is 0.248 e. The van der Waals surface area contributed by atoms with Crippen molar-refractivity contribution in [3.8, 4) is 0 Å². The zero-order chi connectivity index (χ0) is 16.1. The number of aromatic nitrogens is 2. The van der Waals surface area contributed by atoms with E-state index in [4.69, 9.17) is 4.74 Å². The van der Waals surface area contributed by atoms with Gasteiger partial charge in [0.05, 0.1) is 0 Å². The normalized spacial score (nSPS) is 15.0. The summed E-state index contributed by atoms with van der Waals surface area (Å²) in [5.41, 5.74) is 1.21. The van der Waals surface area contributed by atoms with Crippen molar-refractivity contribution in [2.45, 2.75) is 6.42 Å². The molecule has 1 amide bonds. The first kappa shape index (κ1) is 15.9. The van der Waals surface area contributed by atoms with Crippen LogP contribution in [-0.2, 0) is 16.0 Å². The number of nitrogens with zero attached hydrogens (tertiary/aromatic N) is 4. The van der Waals surface area contributed by atoms with Crippen LogP contribution in [0.25, 0.3) is 0 Å². The molecule has 1 fully saturated rings. The van der Waals surface area contributed by atoms with Gasteiger partial charge in [-0.1, -0.05) is 30.3 Å². The Morgan fingerprint density at radius 3 is 2.65 bits per heavy atom. The molecule has 1 aliphatic rings. The molecule has 7 heteroatoms. The molecule has 2 aromatic rings. The third-order valence-electron chi connectivity index (χ3n) is 3.83. The first-order valence-corrected chi connectivity index (χ1v) is 8.42. The Morgan fingerprint density at radius 1 is 1.22 bits per heavy atom. The summed E-state index contributed by atoms with van der Waals surface area (Å²) in [6, 6.07) is 10.2. The summed E-state index contributed by atoms with van der Waals surface area (Å²) in [6.07, 6.45) is 0.754. The molecule has 1 aromatic carbocycles. The van der Waals surface area contributed by atoms with Crippen LogP contribution in [0, 0.1) is 0 Å². The summed E-state index contributed by atoms with van der Waals surface area (Å²) in [7, 11) is 1.55. The maximum absolute atomic E-state index is 11.8. The second kappa shape index (κ2) is 7.52. The Balaban J connectivity index is 1.56. The van der Waals surface area contributed by atoms with Gasteiger partial charge in [-0.25, -0.2) is 4.98 Å². The Morgan fingerprint density at radius 2 is 1.96 bits per heavy atom. The highest BCUT2D eigenvalue weighted by Gasteiger charge is 2.23. The number of anilines is 1. The highest BCUT2D eigenvalue weighted by Crippen LogP contribution is 2.20. The Labute approximate surface area is 139 Å². The van der Waals surface area contributed by atoms with E-state index in [9.17, 15) is 4.79 Å². The van der Waals surface area contributed by atoms with Crippen LogP contribution < -0.4 is 4.90 Å². The fraction of sp³-hybridized carbons (Fsp3) is 0.438. The fourth-order valence-corrected chi connectivity index (χ4v) is 3.32. The molecule has 23 heavy (non-hydrogen) atoms. The van der Waals surface area contributed by atoms with Gasteiger partial charge < -0.3 is 14.5 Å².